The molecule has 2 nitrogen and oxygen atoms in total. The Balaban J connectivity index is 2.43. The van der Waals surface area contributed by atoms with Crippen LogP contribution in [0.3, 0.4) is 0 Å². The molecule has 1 N–H and O–H groups in total. The van der Waals surface area contributed by atoms with E-state index in [0.29, 0.717) is 28.8 Å². The van der Waals surface area contributed by atoms with Gasteiger partial charge < -0.3 is 9.84 Å². The summed E-state index contributed by atoms with van der Waals surface area (Å²) in [6, 6.07) is 5.05. The Morgan fingerprint density at radius 1 is 1.27 bits per heavy atom. The fourth-order valence-corrected chi connectivity index (χ4v) is 1.63. The first kappa shape index (κ1) is 12.6. The zero-order chi connectivity index (χ0) is 11.3. The number of aliphatic hydroxyl groups is 1. The van der Waals surface area contributed by atoms with E-state index in [2.05, 4.69) is 0 Å². The van der Waals surface area contributed by atoms with E-state index in [4.69, 9.17) is 27.9 Å². The predicted molar refractivity (Wildman–Crippen MR) is 62.9 cm³/mol. The molecule has 0 saturated heterocycles. The van der Waals surface area contributed by atoms with E-state index in [1.165, 1.54) is 0 Å². The molecule has 0 aromatic heterocycles. The summed E-state index contributed by atoms with van der Waals surface area (Å²) in [6.07, 6.45) is 1.04. The molecule has 1 aromatic rings. The number of aliphatic hydroxyl groups excluding tert-OH is 1. The maximum Gasteiger partial charge on any atom is 0.122 e. The van der Waals surface area contributed by atoms with Gasteiger partial charge in [-0.1, -0.05) is 30.1 Å². The van der Waals surface area contributed by atoms with Gasteiger partial charge in [0.05, 0.1) is 12.7 Å². The van der Waals surface area contributed by atoms with E-state index in [9.17, 15) is 5.11 Å². The molecular weight excluding hydrogens is 235 g/mol. The van der Waals surface area contributed by atoms with Crippen molar-refractivity contribution >= 4 is 23.2 Å². The molecular formula is C11H14Cl2O2. The predicted octanol–water partition coefficient (Wildman–Crippen LogP) is 3.53. The summed E-state index contributed by atoms with van der Waals surface area (Å²) >= 11 is 11.6. The zero-order valence-corrected chi connectivity index (χ0v) is 10.1. The van der Waals surface area contributed by atoms with Crippen molar-refractivity contribution in [1.82, 2.24) is 0 Å². The second-order valence-corrected chi connectivity index (χ2v) is 4.18. The normalized spacial score (nSPS) is 12.5. The van der Waals surface area contributed by atoms with Gasteiger partial charge in [0.25, 0.3) is 0 Å². The van der Waals surface area contributed by atoms with Crippen LogP contribution in [0.1, 0.15) is 19.8 Å². The van der Waals surface area contributed by atoms with Crippen molar-refractivity contribution in [2.24, 2.45) is 0 Å². The van der Waals surface area contributed by atoms with Gasteiger partial charge >= 0.3 is 0 Å². The minimum atomic E-state index is -0.306. The minimum Gasteiger partial charge on any atom is -0.493 e. The molecule has 1 aromatic carbocycles. The summed E-state index contributed by atoms with van der Waals surface area (Å²) in [7, 11) is 0. The van der Waals surface area contributed by atoms with Crippen LogP contribution >= 0.6 is 23.2 Å². The van der Waals surface area contributed by atoms with Crippen LogP contribution in [0.5, 0.6) is 5.75 Å². The Hall–Kier alpha value is -0.440. The van der Waals surface area contributed by atoms with Gasteiger partial charge in [-0.2, -0.15) is 0 Å². The van der Waals surface area contributed by atoms with Crippen molar-refractivity contribution in [3.05, 3.63) is 28.2 Å². The van der Waals surface area contributed by atoms with Gasteiger partial charge in [0.1, 0.15) is 5.75 Å². The highest BCUT2D eigenvalue weighted by Crippen LogP contribution is 2.24. The van der Waals surface area contributed by atoms with Gasteiger partial charge in [-0.15, -0.1) is 0 Å². The van der Waals surface area contributed by atoms with Gasteiger partial charge in [-0.25, -0.2) is 0 Å². The van der Waals surface area contributed by atoms with E-state index in [1.54, 1.807) is 18.2 Å². The van der Waals surface area contributed by atoms with Crippen LogP contribution in [-0.4, -0.2) is 17.8 Å². The molecule has 1 rings (SSSR count). The van der Waals surface area contributed by atoms with Crippen LogP contribution < -0.4 is 4.74 Å². The Labute approximate surface area is 99.8 Å². The maximum atomic E-state index is 9.31. The van der Waals surface area contributed by atoms with Crippen molar-refractivity contribution in [3.8, 4) is 5.75 Å². The molecule has 84 valence electrons. The number of benzene rings is 1. The van der Waals surface area contributed by atoms with Gasteiger partial charge in [-0.3, -0.25) is 0 Å². The van der Waals surface area contributed by atoms with Crippen molar-refractivity contribution in [2.75, 3.05) is 6.61 Å². The summed E-state index contributed by atoms with van der Waals surface area (Å²) in [4.78, 5) is 0. The summed E-state index contributed by atoms with van der Waals surface area (Å²) in [6.45, 7) is 2.40. The first-order valence-electron chi connectivity index (χ1n) is 4.88. The first-order chi connectivity index (χ1) is 7.11. The molecule has 0 fully saturated rings. The molecule has 0 spiro atoms. The lowest BCUT2D eigenvalue weighted by atomic mass is 10.2. The molecule has 0 aliphatic rings. The molecule has 0 saturated carbocycles. The van der Waals surface area contributed by atoms with Crippen molar-refractivity contribution in [3.63, 3.8) is 0 Å². The smallest absolute Gasteiger partial charge is 0.122 e. The van der Waals surface area contributed by atoms with E-state index >= 15 is 0 Å². The van der Waals surface area contributed by atoms with Crippen molar-refractivity contribution in [1.29, 1.82) is 0 Å². The van der Waals surface area contributed by atoms with E-state index < -0.39 is 0 Å². The molecule has 0 amide bonds. The number of hydrogen-bond acceptors (Lipinski definition) is 2. The third kappa shape index (κ3) is 4.74. The molecule has 15 heavy (non-hydrogen) atoms. The molecule has 0 aliphatic carbocycles. The maximum absolute atomic E-state index is 9.31. The largest absolute Gasteiger partial charge is 0.493 e. The monoisotopic (exact) mass is 248 g/mol. The average Bonchev–Trinajstić information content (AvgIpc) is 2.16. The second kappa shape index (κ2) is 6.21. The van der Waals surface area contributed by atoms with Crippen LogP contribution in [0.25, 0.3) is 0 Å². The Morgan fingerprint density at radius 2 is 1.87 bits per heavy atom. The summed E-state index contributed by atoms with van der Waals surface area (Å²) in [5.41, 5.74) is 0. The molecule has 0 heterocycles. The third-order valence-corrected chi connectivity index (χ3v) is 2.46. The zero-order valence-electron chi connectivity index (χ0n) is 8.54. The lowest BCUT2D eigenvalue weighted by Gasteiger charge is -2.09. The molecule has 0 aliphatic heterocycles. The van der Waals surface area contributed by atoms with Crippen LogP contribution in [0.4, 0.5) is 0 Å². The van der Waals surface area contributed by atoms with Crippen LogP contribution in [-0.2, 0) is 0 Å². The van der Waals surface area contributed by atoms with Gasteiger partial charge in [0.2, 0.25) is 0 Å². The number of ether oxygens (including phenoxy) is 1. The lowest BCUT2D eigenvalue weighted by molar-refractivity contribution is 0.135. The fourth-order valence-electron chi connectivity index (χ4n) is 1.13. The summed E-state index contributed by atoms with van der Waals surface area (Å²) in [5.74, 6) is 0.635. The second-order valence-electron chi connectivity index (χ2n) is 3.30. The Morgan fingerprint density at radius 3 is 2.40 bits per heavy atom. The molecule has 1 unspecified atom stereocenters. The third-order valence-electron chi connectivity index (χ3n) is 2.03. The highest BCUT2D eigenvalue weighted by atomic mass is 35.5. The van der Waals surface area contributed by atoms with E-state index in [0.717, 1.165) is 6.42 Å². The quantitative estimate of drug-likeness (QED) is 0.864. The summed E-state index contributed by atoms with van der Waals surface area (Å²) < 4.78 is 5.41. The van der Waals surface area contributed by atoms with Gasteiger partial charge in [0.15, 0.2) is 0 Å². The van der Waals surface area contributed by atoms with Crippen LogP contribution in [0, 0.1) is 0 Å². The van der Waals surface area contributed by atoms with E-state index in [1.807, 2.05) is 6.92 Å². The SMILES string of the molecule is CCC(O)CCOc1cc(Cl)cc(Cl)c1. The number of hydrogen-bond donors (Lipinski definition) is 1. The number of rotatable bonds is 5. The van der Waals surface area contributed by atoms with Crippen molar-refractivity contribution in [2.45, 2.75) is 25.9 Å². The molecule has 0 bridgehead atoms. The highest BCUT2D eigenvalue weighted by Gasteiger charge is 2.02. The van der Waals surface area contributed by atoms with E-state index in [-0.39, 0.29) is 6.10 Å². The Bertz CT molecular complexity index is 295. The Kier molecular flexibility index (Phi) is 5.23. The minimum absolute atomic E-state index is 0.306. The van der Waals surface area contributed by atoms with Crippen molar-refractivity contribution < 1.29 is 9.84 Å². The average molecular weight is 249 g/mol. The fraction of sp³-hybridized carbons (Fsp3) is 0.455. The molecule has 1 atom stereocenters. The first-order valence-corrected chi connectivity index (χ1v) is 5.64. The topological polar surface area (TPSA) is 29.5 Å². The standard InChI is InChI=1S/C11H14Cl2O2/c1-2-10(14)3-4-15-11-6-8(12)5-9(13)7-11/h5-7,10,14H,2-4H2,1H3. The van der Waals surface area contributed by atoms with Gasteiger partial charge in [-0.05, 0) is 24.6 Å². The molecule has 0 radical (unpaired) electrons. The summed E-state index contributed by atoms with van der Waals surface area (Å²) in [5, 5.41) is 10.4. The van der Waals surface area contributed by atoms with Crippen LogP contribution in [0.2, 0.25) is 10.0 Å². The number of halogens is 2. The lowest BCUT2D eigenvalue weighted by Crippen LogP contribution is -2.10. The highest BCUT2D eigenvalue weighted by molar-refractivity contribution is 6.34. The molecule has 4 heteroatoms. The van der Waals surface area contributed by atoms with Gasteiger partial charge in [0, 0.05) is 16.5 Å². The van der Waals surface area contributed by atoms with Crippen LogP contribution in [0.15, 0.2) is 18.2 Å².